The van der Waals surface area contributed by atoms with E-state index in [1.807, 2.05) is 0 Å². The molecule has 3 aromatic rings. The van der Waals surface area contributed by atoms with Crippen LogP contribution in [-0.2, 0) is 9.59 Å². The summed E-state index contributed by atoms with van der Waals surface area (Å²) in [5, 5.41) is 19.3. The zero-order valence-corrected chi connectivity index (χ0v) is 18.1. The van der Waals surface area contributed by atoms with E-state index in [0.29, 0.717) is 0 Å². The summed E-state index contributed by atoms with van der Waals surface area (Å²) < 4.78 is 0. The van der Waals surface area contributed by atoms with Crippen molar-refractivity contribution in [2.75, 3.05) is 6.16 Å². The van der Waals surface area contributed by atoms with Crippen molar-refractivity contribution in [1.29, 1.82) is 0 Å². The molecular weight excluding hydrogens is 383 g/mol. The predicted molar refractivity (Wildman–Crippen MR) is 124 cm³/mol. The molecule has 0 spiro atoms. The summed E-state index contributed by atoms with van der Waals surface area (Å²) >= 11 is 0. The number of benzene rings is 3. The molecule has 0 fully saturated rings. The summed E-state index contributed by atoms with van der Waals surface area (Å²) in [6, 6.07) is 33.1. The molecule has 3 aromatic carbocycles. The molecule has 0 aliphatic heterocycles. The van der Waals surface area contributed by atoms with Crippen LogP contribution in [0.3, 0.4) is 0 Å². The monoisotopic (exact) mass is 412 g/mol. The summed E-state index contributed by atoms with van der Waals surface area (Å²) in [5.41, 5.74) is 0. The molecule has 0 radical (unpaired) electrons. The average Bonchev–Trinajstić information content (AvgIpc) is 2.71. The summed E-state index contributed by atoms with van der Waals surface area (Å²) in [5.74, 6) is -1.67. The molecule has 0 aromatic heterocycles. The molecule has 5 heteroatoms. The van der Waals surface area contributed by atoms with Crippen molar-refractivity contribution in [1.82, 2.24) is 0 Å². The summed E-state index contributed by atoms with van der Waals surface area (Å²) in [6.45, 7) is 4.50. The van der Waals surface area contributed by atoms with Crippen LogP contribution in [0.15, 0.2) is 91.0 Å². The molecular formula is C24H29O4P. The zero-order chi connectivity index (χ0) is 21.7. The van der Waals surface area contributed by atoms with Gasteiger partial charge in [-0.25, -0.2) is 0 Å². The van der Waals surface area contributed by atoms with E-state index in [-0.39, 0.29) is 0 Å². The summed E-state index contributed by atoms with van der Waals surface area (Å²) in [6.07, 6.45) is 1.17. The van der Waals surface area contributed by atoms with Gasteiger partial charge in [0.25, 0.3) is 11.9 Å². The van der Waals surface area contributed by atoms with Crippen LogP contribution in [-0.4, -0.2) is 28.3 Å². The van der Waals surface area contributed by atoms with Gasteiger partial charge in [0.05, 0.1) is 0 Å². The van der Waals surface area contributed by atoms with Crippen molar-refractivity contribution < 1.29 is 19.8 Å². The second kappa shape index (κ2) is 12.5. The van der Waals surface area contributed by atoms with Gasteiger partial charge in [0.1, 0.15) is 0 Å². The summed E-state index contributed by atoms with van der Waals surface area (Å²) in [7, 11) is -1.90. The fourth-order valence-corrected chi connectivity index (χ4v) is 7.79. The second-order valence-corrected chi connectivity index (χ2v) is 10.6. The van der Waals surface area contributed by atoms with Gasteiger partial charge in [-0.05, 0) is 0 Å². The van der Waals surface area contributed by atoms with E-state index < -0.39 is 19.2 Å². The van der Waals surface area contributed by atoms with Crippen molar-refractivity contribution >= 4 is 35.1 Å². The first-order valence-electron chi connectivity index (χ1n) is 9.40. The van der Waals surface area contributed by atoms with Gasteiger partial charge in [-0.2, -0.15) is 0 Å². The first-order valence-corrected chi connectivity index (χ1v) is 11.6. The van der Waals surface area contributed by atoms with Gasteiger partial charge >= 0.3 is 127 Å². The van der Waals surface area contributed by atoms with E-state index in [1.165, 1.54) is 22.1 Å². The Balaban J connectivity index is 0.000000452. The van der Waals surface area contributed by atoms with Gasteiger partial charge in [0.2, 0.25) is 0 Å². The molecule has 0 unspecified atom stereocenters. The van der Waals surface area contributed by atoms with Crippen molar-refractivity contribution in [3.8, 4) is 0 Å². The Morgan fingerprint density at radius 3 is 1.00 bits per heavy atom. The van der Waals surface area contributed by atoms with Crippen LogP contribution < -0.4 is 15.9 Å². The third-order valence-electron chi connectivity index (χ3n) is 4.33. The number of aliphatic carboxylic acids is 2. The fraction of sp³-hybridized carbons (Fsp3) is 0.167. The Labute approximate surface area is 173 Å². The topological polar surface area (TPSA) is 74.6 Å². The molecule has 29 heavy (non-hydrogen) atoms. The number of hydrogen-bond donors (Lipinski definition) is 2. The molecule has 0 saturated carbocycles. The fourth-order valence-electron chi connectivity index (χ4n) is 3.28. The molecule has 0 aliphatic carbocycles. The van der Waals surface area contributed by atoms with E-state index >= 15 is 0 Å². The van der Waals surface area contributed by atoms with E-state index in [9.17, 15) is 0 Å². The van der Waals surface area contributed by atoms with Crippen LogP contribution in [0.4, 0.5) is 0 Å². The van der Waals surface area contributed by atoms with Crippen molar-refractivity contribution in [2.45, 2.75) is 20.8 Å². The van der Waals surface area contributed by atoms with Crippen molar-refractivity contribution in [3.63, 3.8) is 0 Å². The van der Waals surface area contributed by atoms with E-state index in [0.717, 1.165) is 13.8 Å². The van der Waals surface area contributed by atoms with Crippen LogP contribution >= 0.6 is 7.26 Å². The molecule has 0 bridgehead atoms. The van der Waals surface area contributed by atoms with Gasteiger partial charge in [-0.15, -0.1) is 0 Å². The molecule has 0 atom stereocenters. The third-order valence-corrected chi connectivity index (χ3v) is 9.35. The normalized spacial score (nSPS) is 10.4. The maximum absolute atomic E-state index is 9.00. The molecule has 2 N–H and O–H groups in total. The van der Waals surface area contributed by atoms with E-state index in [4.69, 9.17) is 19.8 Å². The Hall–Kier alpha value is -2.97. The van der Waals surface area contributed by atoms with Crippen LogP contribution in [0.5, 0.6) is 0 Å². The molecule has 4 nitrogen and oxygen atoms in total. The van der Waals surface area contributed by atoms with Gasteiger partial charge in [0, 0.05) is 13.8 Å². The van der Waals surface area contributed by atoms with Crippen LogP contribution in [0.2, 0.25) is 0 Å². The van der Waals surface area contributed by atoms with Crippen molar-refractivity contribution in [3.05, 3.63) is 91.0 Å². The molecule has 0 amide bonds. The van der Waals surface area contributed by atoms with Gasteiger partial charge in [-0.3, -0.25) is 9.59 Å². The molecule has 3 rings (SSSR count). The Morgan fingerprint density at radius 2 is 0.828 bits per heavy atom. The second-order valence-electron chi connectivity index (χ2n) is 6.39. The number of carboxylic acid groups (broad SMARTS) is 2. The standard InChI is InChI=1S/C20H21P.2C2H4O2/c1-2-21(18-12-6-3-7-13-18,19-14-8-4-9-15-19)20-16-10-5-11-17-20;2*1-2(3)4/h3-17,21H,2H2,1H3;2*1H3,(H,3,4). The van der Waals surface area contributed by atoms with Crippen LogP contribution in [0.1, 0.15) is 20.8 Å². The Morgan fingerprint density at radius 1 is 0.621 bits per heavy atom. The van der Waals surface area contributed by atoms with Gasteiger partial charge in [-0.1, -0.05) is 0 Å². The number of carbonyl (C=O) groups is 2. The van der Waals surface area contributed by atoms with Crippen molar-refractivity contribution in [2.24, 2.45) is 0 Å². The Bertz CT molecular complexity index is 748. The van der Waals surface area contributed by atoms with Gasteiger partial charge < -0.3 is 10.2 Å². The first kappa shape index (κ1) is 24.1. The number of hydrogen-bond acceptors (Lipinski definition) is 2. The predicted octanol–water partition coefficient (Wildman–Crippen LogP) is 3.91. The quantitative estimate of drug-likeness (QED) is 0.637. The summed E-state index contributed by atoms with van der Waals surface area (Å²) in [4.78, 5) is 18.0. The van der Waals surface area contributed by atoms with E-state index in [1.54, 1.807) is 0 Å². The molecule has 0 aliphatic rings. The minimum atomic E-state index is -1.90. The maximum atomic E-state index is 9.00. The number of carboxylic acids is 2. The minimum absolute atomic E-state index is 0.833. The third kappa shape index (κ3) is 7.52. The molecule has 0 saturated heterocycles. The van der Waals surface area contributed by atoms with Crippen LogP contribution in [0.25, 0.3) is 0 Å². The zero-order valence-electron chi connectivity index (χ0n) is 17.1. The average molecular weight is 412 g/mol. The SMILES string of the molecule is CC(=O)O.CC(=O)O.CC[PH](c1ccccc1)(c1ccccc1)c1ccccc1. The Kier molecular flexibility index (Phi) is 10.4. The molecule has 0 heterocycles. The van der Waals surface area contributed by atoms with Gasteiger partial charge in [0.15, 0.2) is 0 Å². The van der Waals surface area contributed by atoms with Crippen LogP contribution in [0, 0.1) is 0 Å². The van der Waals surface area contributed by atoms with E-state index in [2.05, 4.69) is 97.9 Å². The number of rotatable bonds is 4. The first-order chi connectivity index (χ1) is 13.8. The molecule has 154 valence electrons.